The number of aryl methyl sites for hydroxylation is 2. The number of thiophene rings is 1. The third-order valence-corrected chi connectivity index (χ3v) is 5.23. The van der Waals surface area contributed by atoms with Gasteiger partial charge in [-0.25, -0.2) is 4.98 Å². The minimum atomic E-state index is -0.811. The SMILES string of the molecule is CCc1cnc(SCC(=O)O)n1C(C)Cc1ccc(C)s1. The molecule has 0 saturated heterocycles. The number of carboxylic acid groups (broad SMARTS) is 1. The van der Waals surface area contributed by atoms with Gasteiger partial charge in [0.25, 0.3) is 0 Å². The van der Waals surface area contributed by atoms with E-state index in [-0.39, 0.29) is 11.8 Å². The van der Waals surface area contributed by atoms with E-state index in [0.717, 1.165) is 23.7 Å². The van der Waals surface area contributed by atoms with Crippen molar-refractivity contribution in [2.75, 3.05) is 5.75 Å². The molecule has 2 aromatic rings. The average molecular weight is 324 g/mol. The van der Waals surface area contributed by atoms with Crippen molar-refractivity contribution >= 4 is 29.1 Å². The lowest BCUT2D eigenvalue weighted by Crippen LogP contribution is -2.12. The van der Waals surface area contributed by atoms with Gasteiger partial charge in [0.05, 0.1) is 5.75 Å². The molecule has 1 atom stereocenters. The van der Waals surface area contributed by atoms with Gasteiger partial charge in [-0.05, 0) is 32.4 Å². The molecule has 0 aliphatic rings. The molecule has 0 amide bonds. The predicted molar refractivity (Wildman–Crippen MR) is 87.4 cm³/mol. The van der Waals surface area contributed by atoms with Crippen molar-refractivity contribution in [3.8, 4) is 0 Å². The Bertz CT molecular complexity index is 619. The van der Waals surface area contributed by atoms with E-state index in [1.165, 1.54) is 21.5 Å². The largest absolute Gasteiger partial charge is 0.481 e. The van der Waals surface area contributed by atoms with E-state index < -0.39 is 5.97 Å². The standard InChI is InChI=1S/C15H20N2O2S2/c1-4-12-8-16-15(20-9-14(18)19)17(12)10(2)7-13-6-5-11(3)21-13/h5-6,8,10H,4,7,9H2,1-3H3,(H,18,19). The Morgan fingerprint density at radius 3 is 2.86 bits per heavy atom. The highest BCUT2D eigenvalue weighted by Gasteiger charge is 2.17. The number of carbonyl (C=O) groups is 1. The van der Waals surface area contributed by atoms with Gasteiger partial charge in [0.15, 0.2) is 5.16 Å². The maximum Gasteiger partial charge on any atom is 0.313 e. The zero-order chi connectivity index (χ0) is 15.4. The molecule has 2 heterocycles. The van der Waals surface area contributed by atoms with Crippen LogP contribution in [0, 0.1) is 6.92 Å². The fourth-order valence-corrected chi connectivity index (χ4v) is 4.15. The van der Waals surface area contributed by atoms with Crippen LogP contribution < -0.4 is 0 Å². The molecule has 4 nitrogen and oxygen atoms in total. The molecule has 0 aliphatic heterocycles. The van der Waals surface area contributed by atoms with Crippen molar-refractivity contribution in [3.63, 3.8) is 0 Å². The zero-order valence-corrected chi connectivity index (χ0v) is 14.1. The summed E-state index contributed by atoms with van der Waals surface area (Å²) in [7, 11) is 0. The van der Waals surface area contributed by atoms with Crippen LogP contribution in [0.3, 0.4) is 0 Å². The smallest absolute Gasteiger partial charge is 0.313 e. The van der Waals surface area contributed by atoms with Crippen LogP contribution in [0.1, 0.15) is 35.3 Å². The molecule has 0 bridgehead atoms. The summed E-state index contributed by atoms with van der Waals surface area (Å²) in [5.41, 5.74) is 1.16. The van der Waals surface area contributed by atoms with Gasteiger partial charge in [-0.1, -0.05) is 18.7 Å². The molecule has 6 heteroatoms. The van der Waals surface area contributed by atoms with Crippen molar-refractivity contribution in [1.82, 2.24) is 9.55 Å². The second kappa shape index (κ2) is 7.13. The van der Waals surface area contributed by atoms with E-state index in [0.29, 0.717) is 0 Å². The number of carboxylic acids is 1. The number of aliphatic carboxylic acids is 1. The van der Waals surface area contributed by atoms with E-state index in [1.807, 2.05) is 17.5 Å². The Kier molecular flexibility index (Phi) is 5.47. The van der Waals surface area contributed by atoms with Crippen LogP contribution >= 0.6 is 23.1 Å². The number of imidazole rings is 1. The third-order valence-electron chi connectivity index (χ3n) is 3.26. The fourth-order valence-electron chi connectivity index (χ4n) is 2.32. The average Bonchev–Trinajstić information content (AvgIpc) is 3.02. The van der Waals surface area contributed by atoms with Crippen LogP contribution in [0.15, 0.2) is 23.5 Å². The van der Waals surface area contributed by atoms with Crippen molar-refractivity contribution in [3.05, 3.63) is 33.8 Å². The van der Waals surface area contributed by atoms with Gasteiger partial charge in [0.1, 0.15) is 0 Å². The fraction of sp³-hybridized carbons (Fsp3) is 0.467. The highest BCUT2D eigenvalue weighted by Crippen LogP contribution is 2.27. The molecule has 0 saturated carbocycles. The Hall–Kier alpha value is -1.27. The molecule has 1 N–H and O–H groups in total. The summed E-state index contributed by atoms with van der Waals surface area (Å²) in [4.78, 5) is 17.8. The van der Waals surface area contributed by atoms with E-state index >= 15 is 0 Å². The first-order valence-electron chi connectivity index (χ1n) is 6.97. The van der Waals surface area contributed by atoms with E-state index in [9.17, 15) is 4.79 Å². The van der Waals surface area contributed by atoms with Crippen molar-refractivity contribution in [1.29, 1.82) is 0 Å². The number of hydrogen-bond donors (Lipinski definition) is 1. The first-order valence-corrected chi connectivity index (χ1v) is 8.77. The lowest BCUT2D eigenvalue weighted by molar-refractivity contribution is -0.133. The molecule has 21 heavy (non-hydrogen) atoms. The quantitative estimate of drug-likeness (QED) is 0.787. The molecule has 0 spiro atoms. The minimum absolute atomic E-state index is 0.0466. The maximum atomic E-state index is 10.8. The van der Waals surface area contributed by atoms with Gasteiger partial charge in [0.2, 0.25) is 0 Å². The van der Waals surface area contributed by atoms with Gasteiger partial charge >= 0.3 is 5.97 Å². The summed E-state index contributed by atoms with van der Waals surface area (Å²) in [5.74, 6) is -0.764. The molecule has 0 fully saturated rings. The summed E-state index contributed by atoms with van der Waals surface area (Å²) in [6, 6.07) is 4.58. The normalized spacial score (nSPS) is 12.5. The second-order valence-electron chi connectivity index (χ2n) is 5.00. The van der Waals surface area contributed by atoms with E-state index in [2.05, 4.69) is 42.5 Å². The van der Waals surface area contributed by atoms with Crippen LogP contribution in [0.5, 0.6) is 0 Å². The topological polar surface area (TPSA) is 55.1 Å². The van der Waals surface area contributed by atoms with Gasteiger partial charge in [-0.3, -0.25) is 4.79 Å². The minimum Gasteiger partial charge on any atom is -0.481 e. The Morgan fingerprint density at radius 1 is 1.52 bits per heavy atom. The number of aromatic nitrogens is 2. The lowest BCUT2D eigenvalue weighted by atomic mass is 10.2. The Balaban J connectivity index is 2.19. The monoisotopic (exact) mass is 324 g/mol. The number of rotatable bonds is 7. The van der Waals surface area contributed by atoms with Gasteiger partial charge < -0.3 is 9.67 Å². The third kappa shape index (κ3) is 4.11. The molecule has 114 valence electrons. The summed E-state index contributed by atoms with van der Waals surface area (Å²) >= 11 is 3.11. The van der Waals surface area contributed by atoms with Crippen LogP contribution in [-0.4, -0.2) is 26.4 Å². The van der Waals surface area contributed by atoms with E-state index in [4.69, 9.17) is 5.11 Å². The summed E-state index contributed by atoms with van der Waals surface area (Å²) in [5, 5.41) is 9.65. The second-order valence-corrected chi connectivity index (χ2v) is 7.32. The highest BCUT2D eigenvalue weighted by atomic mass is 32.2. The predicted octanol–water partition coefficient (Wildman–Crippen LogP) is 3.80. The number of thioether (sulfide) groups is 1. The molecule has 0 aromatic carbocycles. The van der Waals surface area contributed by atoms with Crippen LogP contribution in [0.2, 0.25) is 0 Å². The Labute approximate surface area is 133 Å². The lowest BCUT2D eigenvalue weighted by Gasteiger charge is -2.18. The molecular formula is C15H20N2O2S2. The van der Waals surface area contributed by atoms with Crippen molar-refractivity contribution in [2.24, 2.45) is 0 Å². The molecular weight excluding hydrogens is 304 g/mol. The molecule has 0 aliphatic carbocycles. The molecule has 2 aromatic heterocycles. The highest BCUT2D eigenvalue weighted by molar-refractivity contribution is 7.99. The molecule has 2 rings (SSSR count). The van der Waals surface area contributed by atoms with Crippen molar-refractivity contribution in [2.45, 2.75) is 44.8 Å². The number of nitrogens with zero attached hydrogens (tertiary/aromatic N) is 2. The first-order chi connectivity index (χ1) is 10.0. The van der Waals surface area contributed by atoms with Gasteiger partial charge in [0, 0.05) is 34.1 Å². The molecule has 0 radical (unpaired) electrons. The zero-order valence-electron chi connectivity index (χ0n) is 12.5. The van der Waals surface area contributed by atoms with Gasteiger partial charge in [-0.15, -0.1) is 11.3 Å². The van der Waals surface area contributed by atoms with Gasteiger partial charge in [-0.2, -0.15) is 0 Å². The summed E-state index contributed by atoms with van der Waals surface area (Å²) in [6.07, 6.45) is 3.71. The first kappa shape index (κ1) is 16.1. The maximum absolute atomic E-state index is 10.8. The summed E-state index contributed by atoms with van der Waals surface area (Å²) < 4.78 is 2.18. The molecule has 1 unspecified atom stereocenters. The van der Waals surface area contributed by atoms with E-state index in [1.54, 1.807) is 0 Å². The van der Waals surface area contributed by atoms with Crippen molar-refractivity contribution < 1.29 is 9.90 Å². The Morgan fingerprint density at radius 2 is 2.29 bits per heavy atom. The van der Waals surface area contributed by atoms with Crippen LogP contribution in [-0.2, 0) is 17.6 Å². The summed E-state index contributed by atoms with van der Waals surface area (Å²) in [6.45, 7) is 6.38. The number of hydrogen-bond acceptors (Lipinski definition) is 4. The van der Waals surface area contributed by atoms with Crippen LogP contribution in [0.25, 0.3) is 0 Å². The van der Waals surface area contributed by atoms with Crippen LogP contribution in [0.4, 0.5) is 0 Å².